The third-order valence-corrected chi connectivity index (χ3v) is 5.81. The Bertz CT molecular complexity index is 1170. The minimum atomic E-state index is -1.03. The Labute approximate surface area is 190 Å². The van der Waals surface area contributed by atoms with Gasteiger partial charge in [0.05, 0.1) is 11.5 Å². The molecule has 4 rings (SSSR count). The van der Waals surface area contributed by atoms with E-state index < -0.39 is 23.5 Å². The number of amides is 2. The molecular weight excluding hydrogens is 424 g/mol. The normalized spacial score (nSPS) is 14.7. The Balaban J connectivity index is 1.36. The molecule has 3 aromatic carbocycles. The summed E-state index contributed by atoms with van der Waals surface area (Å²) < 4.78 is 0. The zero-order chi connectivity index (χ0) is 23.4. The smallest absolute Gasteiger partial charge is 0.269 e. The number of anilines is 1. The molecule has 0 saturated carbocycles. The molecule has 0 radical (unpaired) electrons. The number of nitrogens with zero attached hydrogens (tertiary/aromatic N) is 3. The first-order chi connectivity index (χ1) is 16.0. The van der Waals surface area contributed by atoms with E-state index in [2.05, 4.69) is 5.32 Å². The highest BCUT2D eigenvalue weighted by Gasteiger charge is 2.28. The van der Waals surface area contributed by atoms with E-state index in [1.165, 1.54) is 12.1 Å². The summed E-state index contributed by atoms with van der Waals surface area (Å²) in [4.78, 5) is 39.7. The fraction of sp³-hybridized carbons (Fsp3) is 0.250. The van der Waals surface area contributed by atoms with Gasteiger partial charge in [-0.3, -0.25) is 19.7 Å². The molecule has 2 amide bonds. The van der Waals surface area contributed by atoms with Crippen molar-refractivity contribution in [1.82, 2.24) is 10.2 Å². The van der Waals surface area contributed by atoms with Gasteiger partial charge in [-0.25, -0.2) is 0 Å². The maximum Gasteiger partial charge on any atom is 0.269 e. The zero-order valence-electron chi connectivity index (χ0n) is 17.9. The summed E-state index contributed by atoms with van der Waals surface area (Å²) in [6.45, 7) is 1.41. The summed E-state index contributed by atoms with van der Waals surface area (Å²) in [5.74, 6) is -0.757. The van der Waals surface area contributed by atoms with E-state index in [1.54, 1.807) is 29.2 Å². The highest BCUT2D eigenvalue weighted by atomic mass is 16.6. The third kappa shape index (κ3) is 4.93. The molecule has 1 saturated heterocycles. The number of nitro benzene ring substituents is 1. The average Bonchev–Trinajstić information content (AvgIpc) is 2.86. The molecule has 3 aromatic rings. The van der Waals surface area contributed by atoms with Crippen LogP contribution in [0.5, 0.6) is 0 Å². The average molecular weight is 448 g/mol. The van der Waals surface area contributed by atoms with Crippen molar-refractivity contribution in [1.29, 1.82) is 0 Å². The van der Waals surface area contributed by atoms with E-state index >= 15 is 0 Å². The number of benzene rings is 3. The van der Waals surface area contributed by atoms with Crippen molar-refractivity contribution in [2.45, 2.75) is 6.04 Å². The van der Waals surface area contributed by atoms with Gasteiger partial charge >= 0.3 is 0 Å². The molecule has 0 unspecified atom stereocenters. The number of hydrogen-bond acceptors (Lipinski definition) is 6. The van der Waals surface area contributed by atoms with Crippen molar-refractivity contribution < 1.29 is 19.6 Å². The first-order valence-corrected chi connectivity index (χ1v) is 10.6. The van der Waals surface area contributed by atoms with E-state index in [0.29, 0.717) is 31.7 Å². The van der Waals surface area contributed by atoms with Crippen molar-refractivity contribution in [3.63, 3.8) is 0 Å². The Hall–Kier alpha value is -3.98. The van der Waals surface area contributed by atoms with E-state index in [0.717, 1.165) is 16.5 Å². The molecule has 1 fully saturated rings. The lowest BCUT2D eigenvalue weighted by atomic mass is 10.1. The monoisotopic (exact) mass is 448 g/mol. The standard InChI is InChI=1S/C24H24N4O5/c29-16-22(25-23(30)19-6-5-17-3-1-2-4-18(17)15-19)24(31)27-13-11-26(12-14-27)20-7-9-21(10-8-20)28(32)33/h1-10,15,22,29H,11-14,16H2,(H,25,30)/t22-/m0/s1. The Morgan fingerprint density at radius 2 is 1.64 bits per heavy atom. The second-order valence-electron chi connectivity index (χ2n) is 7.86. The van der Waals surface area contributed by atoms with Gasteiger partial charge in [-0.05, 0) is 35.0 Å². The lowest BCUT2D eigenvalue weighted by Gasteiger charge is -2.37. The second-order valence-corrected chi connectivity index (χ2v) is 7.86. The van der Waals surface area contributed by atoms with E-state index in [9.17, 15) is 24.8 Å². The summed E-state index contributed by atoms with van der Waals surface area (Å²) in [5, 5.41) is 25.2. The van der Waals surface area contributed by atoms with Gasteiger partial charge in [-0.2, -0.15) is 0 Å². The lowest BCUT2D eigenvalue weighted by Crippen LogP contribution is -2.56. The number of nitrogens with one attached hydrogen (secondary N) is 1. The molecule has 33 heavy (non-hydrogen) atoms. The largest absolute Gasteiger partial charge is 0.394 e. The van der Waals surface area contributed by atoms with Gasteiger partial charge < -0.3 is 20.2 Å². The van der Waals surface area contributed by atoms with E-state index in [-0.39, 0.29) is 11.6 Å². The number of carbonyl (C=O) groups is 2. The van der Waals surface area contributed by atoms with Gasteiger partial charge in [-0.1, -0.05) is 30.3 Å². The van der Waals surface area contributed by atoms with Crippen LogP contribution in [0.3, 0.4) is 0 Å². The van der Waals surface area contributed by atoms with Gasteiger partial charge in [-0.15, -0.1) is 0 Å². The Morgan fingerprint density at radius 1 is 0.970 bits per heavy atom. The minimum Gasteiger partial charge on any atom is -0.394 e. The van der Waals surface area contributed by atoms with Crippen LogP contribution < -0.4 is 10.2 Å². The van der Waals surface area contributed by atoms with Crippen LogP contribution in [0.2, 0.25) is 0 Å². The van der Waals surface area contributed by atoms with Crippen LogP contribution in [0.15, 0.2) is 66.7 Å². The number of hydrogen-bond donors (Lipinski definition) is 2. The number of nitro groups is 1. The van der Waals surface area contributed by atoms with Crippen molar-refractivity contribution >= 4 is 34.0 Å². The molecule has 1 aliphatic heterocycles. The number of piperazine rings is 1. The Kier molecular flexibility index (Phi) is 6.50. The van der Waals surface area contributed by atoms with Gasteiger partial charge in [0.1, 0.15) is 6.04 Å². The molecule has 170 valence electrons. The van der Waals surface area contributed by atoms with Crippen LogP contribution >= 0.6 is 0 Å². The second kappa shape index (κ2) is 9.66. The van der Waals surface area contributed by atoms with Crippen molar-refractivity contribution in [3.8, 4) is 0 Å². The molecule has 1 atom stereocenters. The first kappa shape index (κ1) is 22.2. The molecule has 1 heterocycles. The maximum absolute atomic E-state index is 12.9. The van der Waals surface area contributed by atoms with E-state index in [1.807, 2.05) is 35.2 Å². The van der Waals surface area contributed by atoms with Crippen molar-refractivity contribution in [2.24, 2.45) is 0 Å². The van der Waals surface area contributed by atoms with Crippen LogP contribution in [0.25, 0.3) is 10.8 Å². The highest BCUT2D eigenvalue weighted by Crippen LogP contribution is 2.21. The quantitative estimate of drug-likeness (QED) is 0.441. The molecule has 0 aromatic heterocycles. The predicted octanol–water partition coefficient (Wildman–Crippen LogP) is 2.19. The van der Waals surface area contributed by atoms with Crippen LogP contribution in [0.1, 0.15) is 10.4 Å². The molecular formula is C24H24N4O5. The molecule has 9 nitrogen and oxygen atoms in total. The fourth-order valence-corrected chi connectivity index (χ4v) is 3.95. The number of aliphatic hydroxyl groups is 1. The molecule has 0 spiro atoms. The highest BCUT2D eigenvalue weighted by molar-refractivity contribution is 6.00. The first-order valence-electron chi connectivity index (χ1n) is 10.6. The number of non-ortho nitro benzene ring substituents is 1. The van der Waals surface area contributed by atoms with Gasteiger partial charge in [0.15, 0.2) is 0 Å². The van der Waals surface area contributed by atoms with Crippen molar-refractivity contribution in [2.75, 3.05) is 37.7 Å². The fourth-order valence-electron chi connectivity index (χ4n) is 3.95. The molecule has 1 aliphatic rings. The summed E-state index contributed by atoms with van der Waals surface area (Å²) in [5.41, 5.74) is 1.29. The predicted molar refractivity (Wildman–Crippen MR) is 124 cm³/mol. The van der Waals surface area contributed by atoms with E-state index in [4.69, 9.17) is 0 Å². The van der Waals surface area contributed by atoms with Crippen LogP contribution in [0.4, 0.5) is 11.4 Å². The van der Waals surface area contributed by atoms with Crippen LogP contribution in [0, 0.1) is 10.1 Å². The third-order valence-electron chi connectivity index (χ3n) is 5.81. The molecule has 0 bridgehead atoms. The van der Waals surface area contributed by atoms with Gasteiger partial charge in [0, 0.05) is 49.6 Å². The summed E-state index contributed by atoms with van der Waals surface area (Å²) in [6, 6.07) is 18.2. The zero-order valence-corrected chi connectivity index (χ0v) is 17.9. The van der Waals surface area contributed by atoms with Gasteiger partial charge in [0.25, 0.3) is 11.6 Å². The molecule has 9 heteroatoms. The van der Waals surface area contributed by atoms with Crippen LogP contribution in [-0.2, 0) is 4.79 Å². The lowest BCUT2D eigenvalue weighted by molar-refractivity contribution is -0.384. The van der Waals surface area contributed by atoms with Gasteiger partial charge in [0.2, 0.25) is 5.91 Å². The number of carbonyl (C=O) groups excluding carboxylic acids is 2. The van der Waals surface area contributed by atoms with Crippen molar-refractivity contribution in [3.05, 3.63) is 82.4 Å². The van der Waals surface area contributed by atoms with Crippen LogP contribution in [-0.4, -0.2) is 65.6 Å². The number of aliphatic hydroxyl groups excluding tert-OH is 1. The molecule has 0 aliphatic carbocycles. The Morgan fingerprint density at radius 3 is 2.27 bits per heavy atom. The molecule has 2 N–H and O–H groups in total. The topological polar surface area (TPSA) is 116 Å². The SMILES string of the molecule is O=C(N[C@@H](CO)C(=O)N1CCN(c2ccc([N+](=O)[O-])cc2)CC1)c1ccc2ccccc2c1. The minimum absolute atomic E-state index is 0.0282. The summed E-state index contributed by atoms with van der Waals surface area (Å²) in [6.07, 6.45) is 0. The number of fused-ring (bicyclic) bond motifs is 1. The number of rotatable bonds is 6. The maximum atomic E-state index is 12.9. The summed E-state index contributed by atoms with van der Waals surface area (Å²) in [7, 11) is 0. The summed E-state index contributed by atoms with van der Waals surface area (Å²) >= 11 is 0.